The number of carbonyl (C=O) groups excluding carboxylic acids is 1. The highest BCUT2D eigenvalue weighted by atomic mass is 32.1. The van der Waals surface area contributed by atoms with Crippen LogP contribution in [-0.4, -0.2) is 27.4 Å². The molecule has 0 aliphatic rings. The van der Waals surface area contributed by atoms with Crippen LogP contribution in [0, 0.1) is 6.92 Å². The topological polar surface area (TPSA) is 67.8 Å². The van der Waals surface area contributed by atoms with Gasteiger partial charge in [0.1, 0.15) is 5.01 Å². The van der Waals surface area contributed by atoms with Crippen molar-refractivity contribution in [2.24, 2.45) is 0 Å². The Morgan fingerprint density at radius 3 is 2.43 bits per heavy atom. The van der Waals surface area contributed by atoms with Crippen LogP contribution in [0.25, 0.3) is 10.6 Å². The van der Waals surface area contributed by atoms with E-state index in [9.17, 15) is 4.79 Å². The third kappa shape index (κ3) is 3.78. The van der Waals surface area contributed by atoms with Crippen LogP contribution in [0.4, 0.5) is 0 Å². The van der Waals surface area contributed by atoms with Gasteiger partial charge in [-0.25, -0.2) is 4.98 Å². The molecule has 0 saturated carbocycles. The van der Waals surface area contributed by atoms with Gasteiger partial charge in [0.2, 0.25) is 0 Å². The van der Waals surface area contributed by atoms with Gasteiger partial charge < -0.3 is 5.32 Å². The number of amides is 1. The van der Waals surface area contributed by atoms with Crippen LogP contribution >= 0.6 is 11.3 Å². The van der Waals surface area contributed by atoms with Crippen molar-refractivity contribution in [2.75, 3.05) is 6.54 Å². The molecule has 3 heterocycles. The fourth-order valence-electron chi connectivity index (χ4n) is 2.17. The highest BCUT2D eigenvalue weighted by Crippen LogP contribution is 2.27. The molecule has 0 atom stereocenters. The monoisotopic (exact) mass is 324 g/mol. The predicted octanol–water partition coefficient (Wildman–Crippen LogP) is 2.88. The van der Waals surface area contributed by atoms with Gasteiger partial charge in [-0.15, -0.1) is 11.3 Å². The summed E-state index contributed by atoms with van der Waals surface area (Å²) in [6, 6.07) is 7.31. The Kier molecular flexibility index (Phi) is 4.73. The first-order chi connectivity index (χ1) is 11.2. The van der Waals surface area contributed by atoms with Crippen LogP contribution in [0.15, 0.2) is 49.1 Å². The van der Waals surface area contributed by atoms with E-state index in [-0.39, 0.29) is 5.91 Å². The van der Waals surface area contributed by atoms with Crippen LogP contribution in [0.2, 0.25) is 0 Å². The molecule has 6 heteroatoms. The van der Waals surface area contributed by atoms with Crippen LogP contribution in [0.3, 0.4) is 0 Å². The van der Waals surface area contributed by atoms with E-state index in [1.165, 1.54) is 4.88 Å². The molecule has 0 radical (unpaired) electrons. The van der Waals surface area contributed by atoms with Gasteiger partial charge in [0.25, 0.3) is 5.91 Å². The maximum absolute atomic E-state index is 12.0. The third-order valence-corrected chi connectivity index (χ3v) is 4.67. The van der Waals surface area contributed by atoms with Gasteiger partial charge in [0.05, 0.1) is 5.69 Å². The number of rotatable bonds is 5. The first kappa shape index (κ1) is 15.3. The van der Waals surface area contributed by atoms with Gasteiger partial charge >= 0.3 is 0 Å². The molecule has 116 valence electrons. The number of pyridine rings is 2. The highest BCUT2D eigenvalue weighted by molar-refractivity contribution is 7.15. The quantitative estimate of drug-likeness (QED) is 0.783. The van der Waals surface area contributed by atoms with Gasteiger partial charge in [-0.05, 0) is 31.2 Å². The minimum atomic E-state index is -0.0797. The number of thiazole rings is 1. The Morgan fingerprint density at radius 1 is 1.09 bits per heavy atom. The summed E-state index contributed by atoms with van der Waals surface area (Å²) in [5, 5.41) is 3.91. The van der Waals surface area contributed by atoms with E-state index in [0.717, 1.165) is 22.7 Å². The molecule has 0 spiro atoms. The van der Waals surface area contributed by atoms with Gasteiger partial charge in [-0.3, -0.25) is 14.8 Å². The zero-order valence-electron chi connectivity index (χ0n) is 12.7. The fourth-order valence-corrected chi connectivity index (χ4v) is 3.24. The fraction of sp³-hybridized carbons (Fsp3) is 0.176. The number of aryl methyl sites for hydroxylation is 1. The van der Waals surface area contributed by atoms with Crippen LogP contribution in [0.5, 0.6) is 0 Å². The molecular weight excluding hydrogens is 308 g/mol. The van der Waals surface area contributed by atoms with Crippen LogP contribution in [-0.2, 0) is 6.42 Å². The van der Waals surface area contributed by atoms with Crippen LogP contribution in [0.1, 0.15) is 20.9 Å². The minimum Gasteiger partial charge on any atom is -0.352 e. The Morgan fingerprint density at radius 2 is 1.74 bits per heavy atom. The first-order valence-corrected chi connectivity index (χ1v) is 8.10. The number of aromatic nitrogens is 3. The Bertz CT molecular complexity index is 787. The molecular formula is C17H16N4OS. The van der Waals surface area contributed by atoms with E-state index in [1.807, 2.05) is 19.1 Å². The summed E-state index contributed by atoms with van der Waals surface area (Å²) in [4.78, 5) is 25.7. The highest BCUT2D eigenvalue weighted by Gasteiger charge is 2.10. The zero-order valence-corrected chi connectivity index (χ0v) is 13.5. The average molecular weight is 324 g/mol. The van der Waals surface area contributed by atoms with Gasteiger partial charge in [-0.2, -0.15) is 0 Å². The summed E-state index contributed by atoms with van der Waals surface area (Å²) in [7, 11) is 0. The smallest absolute Gasteiger partial charge is 0.251 e. The molecule has 0 saturated heterocycles. The minimum absolute atomic E-state index is 0.0797. The number of hydrogen-bond acceptors (Lipinski definition) is 5. The summed E-state index contributed by atoms with van der Waals surface area (Å²) in [6.45, 7) is 2.58. The van der Waals surface area contributed by atoms with Crippen molar-refractivity contribution in [2.45, 2.75) is 13.3 Å². The average Bonchev–Trinajstić information content (AvgIpc) is 2.97. The van der Waals surface area contributed by atoms with E-state index in [4.69, 9.17) is 0 Å². The molecule has 3 aromatic rings. The maximum Gasteiger partial charge on any atom is 0.251 e. The van der Waals surface area contributed by atoms with Gasteiger partial charge in [0.15, 0.2) is 0 Å². The summed E-state index contributed by atoms with van der Waals surface area (Å²) in [5.41, 5.74) is 2.71. The van der Waals surface area contributed by atoms with Crippen molar-refractivity contribution >= 4 is 17.2 Å². The van der Waals surface area contributed by atoms with E-state index in [1.54, 1.807) is 48.3 Å². The zero-order chi connectivity index (χ0) is 16.1. The van der Waals surface area contributed by atoms with Crippen molar-refractivity contribution in [3.63, 3.8) is 0 Å². The van der Waals surface area contributed by atoms with E-state index in [2.05, 4.69) is 20.3 Å². The summed E-state index contributed by atoms with van der Waals surface area (Å²) < 4.78 is 0. The molecule has 0 unspecified atom stereocenters. The second-order valence-electron chi connectivity index (χ2n) is 5.01. The van der Waals surface area contributed by atoms with Gasteiger partial charge in [0, 0.05) is 53.8 Å². The van der Waals surface area contributed by atoms with E-state index < -0.39 is 0 Å². The molecule has 1 amide bonds. The molecule has 1 N–H and O–H groups in total. The lowest BCUT2D eigenvalue weighted by atomic mass is 10.2. The lowest BCUT2D eigenvalue weighted by Crippen LogP contribution is -2.25. The molecule has 0 aliphatic carbocycles. The summed E-state index contributed by atoms with van der Waals surface area (Å²) in [5.74, 6) is -0.0797. The molecule has 0 aliphatic heterocycles. The number of nitrogens with one attached hydrogen (secondary N) is 1. The lowest BCUT2D eigenvalue weighted by Gasteiger charge is -2.04. The summed E-state index contributed by atoms with van der Waals surface area (Å²) in [6.07, 6.45) is 7.53. The van der Waals surface area contributed by atoms with Crippen LogP contribution < -0.4 is 5.32 Å². The second kappa shape index (κ2) is 7.11. The maximum atomic E-state index is 12.0. The Hall–Kier alpha value is -2.60. The van der Waals surface area contributed by atoms with Crippen molar-refractivity contribution in [1.29, 1.82) is 0 Å². The van der Waals surface area contributed by atoms with Crippen molar-refractivity contribution < 1.29 is 4.79 Å². The molecule has 0 fully saturated rings. The molecule has 3 rings (SSSR count). The Balaban J connectivity index is 1.61. The lowest BCUT2D eigenvalue weighted by molar-refractivity contribution is 0.0954. The number of hydrogen-bond donors (Lipinski definition) is 1. The normalized spacial score (nSPS) is 10.5. The standard InChI is InChI=1S/C17H16N4OS/c1-12-15(23-17(21-12)14-4-9-19-10-5-14)6-11-20-16(22)13-2-7-18-8-3-13/h2-5,7-10H,6,11H2,1H3,(H,20,22). The SMILES string of the molecule is Cc1nc(-c2ccncc2)sc1CCNC(=O)c1ccncc1. The Labute approximate surface area is 138 Å². The number of carbonyl (C=O) groups is 1. The number of nitrogens with zero attached hydrogens (tertiary/aromatic N) is 3. The molecule has 5 nitrogen and oxygen atoms in total. The molecule has 23 heavy (non-hydrogen) atoms. The van der Waals surface area contributed by atoms with Crippen molar-refractivity contribution in [3.05, 3.63) is 65.2 Å². The predicted molar refractivity (Wildman–Crippen MR) is 90.4 cm³/mol. The van der Waals surface area contributed by atoms with Crippen molar-refractivity contribution in [1.82, 2.24) is 20.3 Å². The van der Waals surface area contributed by atoms with E-state index >= 15 is 0 Å². The molecule has 3 aromatic heterocycles. The molecule has 0 aromatic carbocycles. The second-order valence-corrected chi connectivity index (χ2v) is 6.09. The first-order valence-electron chi connectivity index (χ1n) is 7.29. The third-order valence-electron chi connectivity index (χ3n) is 3.40. The van der Waals surface area contributed by atoms with E-state index in [0.29, 0.717) is 12.1 Å². The summed E-state index contributed by atoms with van der Waals surface area (Å²) >= 11 is 1.66. The van der Waals surface area contributed by atoms with Crippen molar-refractivity contribution in [3.8, 4) is 10.6 Å². The largest absolute Gasteiger partial charge is 0.352 e. The molecule has 0 bridgehead atoms. The van der Waals surface area contributed by atoms with Gasteiger partial charge in [-0.1, -0.05) is 0 Å².